The number of carbonyl (C=O) groups excluding carboxylic acids is 4. The van der Waals surface area contributed by atoms with Gasteiger partial charge in [0, 0.05) is 5.56 Å². The van der Waals surface area contributed by atoms with Gasteiger partial charge in [-0.25, -0.2) is 0 Å². The largest absolute Gasteiger partial charge is 0.497 e. The molecule has 6 rings (SSSR count). The molecule has 1 aromatic rings. The van der Waals surface area contributed by atoms with E-state index in [2.05, 4.69) is 12.2 Å². The first-order valence-electron chi connectivity index (χ1n) is 9.86. The summed E-state index contributed by atoms with van der Waals surface area (Å²) in [4.78, 5) is 51.1. The lowest BCUT2D eigenvalue weighted by Gasteiger charge is -2.37. The zero-order valence-electron chi connectivity index (χ0n) is 15.9. The third-order valence-electron chi connectivity index (χ3n) is 6.82. The number of benzene rings is 1. The number of ketones is 1. The maximum absolute atomic E-state index is 12.8. The summed E-state index contributed by atoms with van der Waals surface area (Å²) in [5.74, 6) is -0.473. The van der Waals surface area contributed by atoms with Crippen molar-refractivity contribution in [2.75, 3.05) is 20.3 Å². The van der Waals surface area contributed by atoms with Crippen molar-refractivity contribution < 1.29 is 28.7 Å². The minimum Gasteiger partial charge on any atom is -0.497 e. The number of likely N-dealkylation sites (tertiary alicyclic amines) is 1. The van der Waals surface area contributed by atoms with Crippen LogP contribution in [-0.4, -0.2) is 48.7 Å². The van der Waals surface area contributed by atoms with E-state index < -0.39 is 19.1 Å². The molecular formula is C22H21NO6. The Morgan fingerprint density at radius 3 is 2.14 bits per heavy atom. The average Bonchev–Trinajstić information content (AvgIpc) is 3.53. The molecule has 2 saturated carbocycles. The molecule has 2 bridgehead atoms. The molecular weight excluding hydrogens is 374 g/mol. The van der Waals surface area contributed by atoms with E-state index in [1.54, 1.807) is 24.3 Å². The quantitative estimate of drug-likeness (QED) is 0.314. The molecule has 5 aliphatic rings. The first-order valence-corrected chi connectivity index (χ1v) is 9.86. The molecule has 4 aliphatic carbocycles. The molecule has 0 aromatic heterocycles. The van der Waals surface area contributed by atoms with Gasteiger partial charge < -0.3 is 9.47 Å². The van der Waals surface area contributed by atoms with Gasteiger partial charge in [-0.1, -0.05) is 12.2 Å². The van der Waals surface area contributed by atoms with Gasteiger partial charge in [-0.2, -0.15) is 0 Å². The lowest BCUT2D eigenvalue weighted by atomic mass is 9.63. The number of hydrogen-bond acceptors (Lipinski definition) is 6. The first-order chi connectivity index (χ1) is 14.0. The number of methoxy groups -OCH3 is 1. The molecule has 0 spiro atoms. The van der Waals surface area contributed by atoms with Gasteiger partial charge in [-0.3, -0.25) is 24.1 Å². The van der Waals surface area contributed by atoms with Crippen molar-refractivity contribution in [2.24, 2.45) is 35.5 Å². The van der Waals surface area contributed by atoms with Crippen LogP contribution in [0.15, 0.2) is 36.4 Å². The fourth-order valence-electron chi connectivity index (χ4n) is 5.36. The number of rotatable bonds is 6. The maximum Gasteiger partial charge on any atom is 0.326 e. The minimum atomic E-state index is -0.752. The SMILES string of the molecule is COc1ccc(C(=O)COC(=O)CN2C(=O)[C@@H]3[C@@H]4C=C[C@H]([C@H]5C[C@H]45)[C@H]3C2=O)cc1. The van der Waals surface area contributed by atoms with Crippen molar-refractivity contribution in [3.63, 3.8) is 0 Å². The van der Waals surface area contributed by atoms with E-state index in [0.717, 1.165) is 11.3 Å². The summed E-state index contributed by atoms with van der Waals surface area (Å²) in [6, 6.07) is 6.46. The monoisotopic (exact) mass is 395 g/mol. The van der Waals surface area contributed by atoms with Crippen LogP contribution in [-0.2, 0) is 19.1 Å². The molecule has 0 unspecified atom stereocenters. The normalized spacial score (nSPS) is 33.3. The van der Waals surface area contributed by atoms with Crippen LogP contribution in [0.4, 0.5) is 0 Å². The molecule has 1 aromatic carbocycles. The van der Waals surface area contributed by atoms with Crippen molar-refractivity contribution in [3.8, 4) is 5.75 Å². The summed E-state index contributed by atoms with van der Waals surface area (Å²) >= 11 is 0. The number of allylic oxidation sites excluding steroid dienone is 2. The van der Waals surface area contributed by atoms with Crippen molar-refractivity contribution in [3.05, 3.63) is 42.0 Å². The molecule has 1 heterocycles. The van der Waals surface area contributed by atoms with Crippen LogP contribution in [0.25, 0.3) is 0 Å². The highest BCUT2D eigenvalue weighted by Crippen LogP contribution is 2.65. The van der Waals surface area contributed by atoms with Gasteiger partial charge >= 0.3 is 5.97 Å². The molecule has 7 heteroatoms. The van der Waals surface area contributed by atoms with Gasteiger partial charge in [-0.15, -0.1) is 0 Å². The molecule has 0 N–H and O–H groups in total. The summed E-state index contributed by atoms with van der Waals surface area (Å²) in [6.07, 6.45) is 5.26. The lowest BCUT2D eigenvalue weighted by Crippen LogP contribution is -2.40. The number of Topliss-reactive ketones (excluding diaryl/α,β-unsaturated/α-hetero) is 1. The zero-order chi connectivity index (χ0) is 20.3. The molecule has 2 amide bonds. The summed E-state index contributed by atoms with van der Waals surface area (Å²) in [6.45, 7) is -0.874. The van der Waals surface area contributed by atoms with Gasteiger partial charge in [-0.05, 0) is 54.4 Å². The van der Waals surface area contributed by atoms with E-state index in [0.29, 0.717) is 23.1 Å². The molecule has 1 aliphatic heterocycles. The van der Waals surface area contributed by atoms with Gasteiger partial charge in [0.1, 0.15) is 12.3 Å². The second-order valence-corrected chi connectivity index (χ2v) is 8.23. The molecule has 7 nitrogen and oxygen atoms in total. The van der Waals surface area contributed by atoms with Crippen LogP contribution in [0.2, 0.25) is 0 Å². The molecule has 150 valence electrons. The van der Waals surface area contributed by atoms with E-state index in [9.17, 15) is 19.2 Å². The van der Waals surface area contributed by atoms with Crippen LogP contribution in [0.5, 0.6) is 5.75 Å². The second-order valence-electron chi connectivity index (χ2n) is 8.23. The fraction of sp³-hybridized carbons (Fsp3) is 0.455. The van der Waals surface area contributed by atoms with Crippen LogP contribution < -0.4 is 4.74 Å². The van der Waals surface area contributed by atoms with Crippen molar-refractivity contribution in [1.29, 1.82) is 0 Å². The Morgan fingerprint density at radius 2 is 1.59 bits per heavy atom. The number of imide groups is 1. The zero-order valence-corrected chi connectivity index (χ0v) is 15.9. The second kappa shape index (κ2) is 6.54. The highest BCUT2D eigenvalue weighted by Gasteiger charge is 2.67. The highest BCUT2D eigenvalue weighted by molar-refractivity contribution is 6.08. The standard InChI is InChI=1S/C22H21NO6/c1-28-12-4-2-11(3-5-12)17(24)10-29-18(25)9-23-21(26)19-13-6-7-14(16-8-15(13)16)20(19)22(23)27/h2-7,13-16,19-20H,8-10H2,1H3/t13-,14-,15-,16-,19-,20-/m1/s1. The summed E-state index contributed by atoms with van der Waals surface area (Å²) in [5.41, 5.74) is 0.389. The van der Waals surface area contributed by atoms with Crippen LogP contribution in [0, 0.1) is 35.5 Å². The van der Waals surface area contributed by atoms with Gasteiger partial charge in [0.15, 0.2) is 12.4 Å². The molecule has 1 saturated heterocycles. The Balaban J connectivity index is 1.20. The number of esters is 1. The van der Waals surface area contributed by atoms with E-state index >= 15 is 0 Å². The minimum absolute atomic E-state index is 0.115. The number of carbonyl (C=O) groups is 4. The smallest absolute Gasteiger partial charge is 0.326 e. The Morgan fingerprint density at radius 1 is 1.00 bits per heavy atom. The Bertz CT molecular complexity index is 899. The van der Waals surface area contributed by atoms with Crippen molar-refractivity contribution in [2.45, 2.75) is 6.42 Å². The fourth-order valence-corrected chi connectivity index (χ4v) is 5.36. The summed E-state index contributed by atoms with van der Waals surface area (Å²) in [5, 5.41) is 0. The number of amides is 2. The maximum atomic E-state index is 12.8. The Hall–Kier alpha value is -2.96. The van der Waals surface area contributed by atoms with Crippen LogP contribution >= 0.6 is 0 Å². The predicted octanol–water partition coefficient (Wildman–Crippen LogP) is 1.47. The number of ether oxygens (including phenoxy) is 2. The molecule has 6 atom stereocenters. The Labute approximate surface area is 167 Å². The summed E-state index contributed by atoms with van der Waals surface area (Å²) < 4.78 is 10.1. The number of nitrogens with zero attached hydrogens (tertiary/aromatic N) is 1. The first kappa shape index (κ1) is 18.1. The third-order valence-corrected chi connectivity index (χ3v) is 6.82. The topological polar surface area (TPSA) is 90.0 Å². The van der Waals surface area contributed by atoms with Gasteiger partial charge in [0.25, 0.3) is 0 Å². The summed E-state index contributed by atoms with van der Waals surface area (Å²) in [7, 11) is 1.53. The van der Waals surface area contributed by atoms with E-state index in [-0.39, 0.29) is 41.3 Å². The lowest BCUT2D eigenvalue weighted by molar-refractivity contribution is -0.152. The van der Waals surface area contributed by atoms with Crippen LogP contribution in [0.1, 0.15) is 16.8 Å². The van der Waals surface area contributed by atoms with E-state index in [1.165, 1.54) is 7.11 Å². The third kappa shape index (κ3) is 2.79. The molecule has 29 heavy (non-hydrogen) atoms. The van der Waals surface area contributed by atoms with Crippen molar-refractivity contribution >= 4 is 23.6 Å². The van der Waals surface area contributed by atoms with Gasteiger partial charge in [0.2, 0.25) is 11.8 Å². The van der Waals surface area contributed by atoms with Crippen molar-refractivity contribution in [1.82, 2.24) is 4.90 Å². The average molecular weight is 395 g/mol. The Kier molecular flexibility index (Phi) is 4.08. The van der Waals surface area contributed by atoms with E-state index in [4.69, 9.17) is 9.47 Å². The molecule has 3 fully saturated rings. The van der Waals surface area contributed by atoms with Gasteiger partial charge in [0.05, 0.1) is 18.9 Å². The highest BCUT2D eigenvalue weighted by atomic mass is 16.5. The molecule has 0 radical (unpaired) electrons. The van der Waals surface area contributed by atoms with Crippen LogP contribution in [0.3, 0.4) is 0 Å². The number of hydrogen-bond donors (Lipinski definition) is 0. The van der Waals surface area contributed by atoms with E-state index in [1.807, 2.05) is 0 Å². The predicted molar refractivity (Wildman–Crippen MR) is 99.7 cm³/mol.